The number of rotatable bonds is 5. The van der Waals surface area contributed by atoms with E-state index in [2.05, 4.69) is 4.74 Å². The van der Waals surface area contributed by atoms with Crippen molar-refractivity contribution in [3.63, 3.8) is 0 Å². The molecule has 0 aliphatic carbocycles. The highest BCUT2D eigenvalue weighted by Gasteiger charge is 2.46. The summed E-state index contributed by atoms with van der Waals surface area (Å²) in [6.45, 7) is 4.93. The lowest BCUT2D eigenvalue weighted by Crippen LogP contribution is -2.32. The van der Waals surface area contributed by atoms with Crippen molar-refractivity contribution in [3.05, 3.63) is 65.4 Å². The zero-order chi connectivity index (χ0) is 23.8. The molecule has 0 bridgehead atoms. The Morgan fingerprint density at radius 1 is 1.03 bits per heavy atom. The molecular formula is C23H22F3NO5. The molecule has 0 spiro atoms. The van der Waals surface area contributed by atoms with E-state index in [0.29, 0.717) is 11.3 Å². The molecule has 0 saturated heterocycles. The molecule has 0 aromatic heterocycles. The normalized spacial score (nSPS) is 17.0. The van der Waals surface area contributed by atoms with Gasteiger partial charge in [-0.3, -0.25) is 14.5 Å². The molecule has 170 valence electrons. The van der Waals surface area contributed by atoms with E-state index in [4.69, 9.17) is 4.74 Å². The number of aliphatic hydroxyl groups excluding tert-OH is 1. The second kappa shape index (κ2) is 8.22. The van der Waals surface area contributed by atoms with Crippen molar-refractivity contribution in [2.75, 3.05) is 12.0 Å². The lowest BCUT2D eigenvalue weighted by Gasteiger charge is -2.29. The summed E-state index contributed by atoms with van der Waals surface area (Å²) >= 11 is 0. The first kappa shape index (κ1) is 23.2. The fourth-order valence-electron chi connectivity index (χ4n) is 3.44. The standard InChI is InChI=1S/C23H22F3NO5/c1-22(2,3)20(29)17-18(13-8-10-15(31-4)11-9-13)27(21(30)19(17)28)14-6-5-7-16(12-14)32-23(24,25)26/h5-12,18,28H,1-4H3. The summed E-state index contributed by atoms with van der Waals surface area (Å²) in [6.07, 6.45) is -4.92. The van der Waals surface area contributed by atoms with Gasteiger partial charge in [-0.1, -0.05) is 39.0 Å². The van der Waals surface area contributed by atoms with Crippen LogP contribution in [0, 0.1) is 5.41 Å². The molecule has 1 amide bonds. The van der Waals surface area contributed by atoms with E-state index in [1.165, 1.54) is 19.2 Å². The van der Waals surface area contributed by atoms with E-state index in [1.54, 1.807) is 45.0 Å². The van der Waals surface area contributed by atoms with Crippen LogP contribution in [0.4, 0.5) is 18.9 Å². The minimum Gasteiger partial charge on any atom is -0.503 e. The summed E-state index contributed by atoms with van der Waals surface area (Å²) in [6, 6.07) is 10.2. The number of hydrogen-bond donors (Lipinski definition) is 1. The van der Waals surface area contributed by atoms with Crippen LogP contribution in [0.2, 0.25) is 0 Å². The fourth-order valence-corrected chi connectivity index (χ4v) is 3.44. The van der Waals surface area contributed by atoms with Crippen LogP contribution in [0.1, 0.15) is 32.4 Å². The Labute approximate surface area is 182 Å². The van der Waals surface area contributed by atoms with Crippen LogP contribution in [0.15, 0.2) is 59.9 Å². The van der Waals surface area contributed by atoms with Gasteiger partial charge in [-0.15, -0.1) is 13.2 Å². The molecule has 1 aliphatic rings. The number of ketones is 1. The van der Waals surface area contributed by atoms with Crippen LogP contribution in [0.25, 0.3) is 0 Å². The molecule has 0 fully saturated rings. The van der Waals surface area contributed by atoms with E-state index in [1.807, 2.05) is 0 Å². The van der Waals surface area contributed by atoms with Crippen molar-refractivity contribution in [1.29, 1.82) is 0 Å². The van der Waals surface area contributed by atoms with Gasteiger partial charge in [0.2, 0.25) is 0 Å². The third kappa shape index (κ3) is 4.56. The van der Waals surface area contributed by atoms with Crippen LogP contribution < -0.4 is 14.4 Å². The number of benzene rings is 2. The van der Waals surface area contributed by atoms with Crippen LogP contribution in [-0.2, 0) is 9.59 Å². The van der Waals surface area contributed by atoms with Gasteiger partial charge in [-0.25, -0.2) is 0 Å². The Balaban J connectivity index is 2.15. The number of methoxy groups -OCH3 is 1. The van der Waals surface area contributed by atoms with Gasteiger partial charge in [0.1, 0.15) is 11.5 Å². The van der Waals surface area contributed by atoms with Crippen molar-refractivity contribution in [1.82, 2.24) is 0 Å². The monoisotopic (exact) mass is 449 g/mol. The lowest BCUT2D eigenvalue weighted by molar-refractivity contribution is -0.274. The third-order valence-corrected chi connectivity index (χ3v) is 4.89. The van der Waals surface area contributed by atoms with Crippen LogP contribution in [0.5, 0.6) is 11.5 Å². The van der Waals surface area contributed by atoms with Crippen molar-refractivity contribution in [3.8, 4) is 11.5 Å². The number of alkyl halides is 3. The Kier molecular flexibility index (Phi) is 5.95. The van der Waals surface area contributed by atoms with Crippen molar-refractivity contribution in [2.24, 2.45) is 5.41 Å². The maximum atomic E-state index is 13.2. The zero-order valence-electron chi connectivity index (χ0n) is 17.9. The minimum absolute atomic E-state index is 0.0285. The maximum Gasteiger partial charge on any atom is 0.573 e. The highest BCUT2D eigenvalue weighted by atomic mass is 19.4. The van der Waals surface area contributed by atoms with Crippen molar-refractivity contribution < 1.29 is 37.3 Å². The second-order valence-corrected chi connectivity index (χ2v) is 8.24. The molecule has 1 atom stereocenters. The molecule has 2 aromatic rings. The van der Waals surface area contributed by atoms with E-state index < -0.39 is 41.0 Å². The number of hydrogen-bond acceptors (Lipinski definition) is 5. The van der Waals surface area contributed by atoms with Gasteiger partial charge >= 0.3 is 6.36 Å². The molecule has 32 heavy (non-hydrogen) atoms. The van der Waals surface area contributed by atoms with E-state index in [0.717, 1.165) is 17.0 Å². The van der Waals surface area contributed by atoms with Gasteiger partial charge in [0.05, 0.1) is 18.7 Å². The predicted octanol–water partition coefficient (Wildman–Crippen LogP) is 5.11. The molecule has 6 nitrogen and oxygen atoms in total. The highest BCUT2D eigenvalue weighted by Crippen LogP contribution is 2.44. The summed E-state index contributed by atoms with van der Waals surface area (Å²) in [5.74, 6) is -2.11. The first-order chi connectivity index (χ1) is 14.8. The SMILES string of the molecule is COc1ccc(C2C(C(=O)C(C)(C)C)=C(O)C(=O)N2c2cccc(OC(F)(F)F)c2)cc1. The van der Waals surface area contributed by atoms with E-state index >= 15 is 0 Å². The Morgan fingerprint density at radius 3 is 2.19 bits per heavy atom. The molecule has 1 N–H and O–H groups in total. The van der Waals surface area contributed by atoms with Gasteiger partial charge in [0.15, 0.2) is 11.5 Å². The molecule has 3 rings (SSSR count). The first-order valence-corrected chi connectivity index (χ1v) is 9.64. The summed E-state index contributed by atoms with van der Waals surface area (Å²) < 4.78 is 47.2. The largest absolute Gasteiger partial charge is 0.573 e. The van der Waals surface area contributed by atoms with Gasteiger partial charge in [0, 0.05) is 17.2 Å². The highest BCUT2D eigenvalue weighted by molar-refractivity contribution is 6.17. The van der Waals surface area contributed by atoms with Gasteiger partial charge in [-0.05, 0) is 29.8 Å². The number of amides is 1. The molecule has 1 heterocycles. The fraction of sp³-hybridized carbons (Fsp3) is 0.304. The molecule has 1 unspecified atom stereocenters. The third-order valence-electron chi connectivity index (χ3n) is 4.89. The maximum absolute atomic E-state index is 13.2. The van der Waals surface area contributed by atoms with E-state index in [9.17, 15) is 27.9 Å². The summed E-state index contributed by atoms with van der Waals surface area (Å²) in [5, 5.41) is 10.6. The van der Waals surface area contributed by atoms with Crippen LogP contribution in [-0.4, -0.2) is 30.3 Å². The van der Waals surface area contributed by atoms with Crippen LogP contribution >= 0.6 is 0 Å². The molecule has 1 aliphatic heterocycles. The number of aliphatic hydroxyl groups is 1. The second-order valence-electron chi connectivity index (χ2n) is 8.24. The Bertz CT molecular complexity index is 1070. The molecule has 0 saturated carbocycles. The summed E-state index contributed by atoms with van der Waals surface area (Å²) in [4.78, 5) is 27.3. The predicted molar refractivity (Wildman–Crippen MR) is 110 cm³/mol. The van der Waals surface area contributed by atoms with E-state index in [-0.39, 0.29) is 11.3 Å². The Morgan fingerprint density at radius 2 is 1.66 bits per heavy atom. The summed E-state index contributed by atoms with van der Waals surface area (Å²) in [7, 11) is 1.48. The lowest BCUT2D eigenvalue weighted by atomic mass is 9.82. The number of halogens is 3. The topological polar surface area (TPSA) is 76.1 Å². The zero-order valence-corrected chi connectivity index (χ0v) is 17.9. The van der Waals surface area contributed by atoms with Gasteiger partial charge < -0.3 is 14.6 Å². The molecular weight excluding hydrogens is 427 g/mol. The number of anilines is 1. The number of Topliss-reactive ketones (excluding diaryl/α,β-unsaturated/α-hetero) is 1. The Hall–Kier alpha value is -3.49. The van der Waals surface area contributed by atoms with Crippen molar-refractivity contribution in [2.45, 2.75) is 33.2 Å². The number of nitrogens with zero attached hydrogens (tertiary/aromatic N) is 1. The smallest absolute Gasteiger partial charge is 0.503 e. The van der Waals surface area contributed by atoms with Crippen molar-refractivity contribution >= 4 is 17.4 Å². The first-order valence-electron chi connectivity index (χ1n) is 9.64. The average Bonchev–Trinajstić information content (AvgIpc) is 2.96. The molecule has 9 heteroatoms. The molecule has 2 aromatic carbocycles. The number of carbonyl (C=O) groups excluding carboxylic acids is 2. The summed E-state index contributed by atoms with van der Waals surface area (Å²) in [5.41, 5.74) is -0.556. The number of ether oxygens (including phenoxy) is 2. The van der Waals surface area contributed by atoms with Crippen LogP contribution in [0.3, 0.4) is 0 Å². The van der Waals surface area contributed by atoms with Gasteiger partial charge in [-0.2, -0.15) is 0 Å². The average molecular weight is 449 g/mol. The molecule has 0 radical (unpaired) electrons. The quantitative estimate of drug-likeness (QED) is 0.687. The minimum atomic E-state index is -4.92. The van der Waals surface area contributed by atoms with Gasteiger partial charge in [0.25, 0.3) is 5.91 Å². The number of carbonyl (C=O) groups is 2.